The Hall–Kier alpha value is -2.93. The Morgan fingerprint density at radius 1 is 0.929 bits per heavy atom. The third kappa shape index (κ3) is 3.45. The molecule has 1 N–H and O–H groups in total. The van der Waals surface area contributed by atoms with Crippen molar-refractivity contribution in [2.75, 3.05) is 14.1 Å². The lowest BCUT2D eigenvalue weighted by atomic mass is 9.84. The van der Waals surface area contributed by atoms with E-state index in [1.54, 1.807) is 53.9 Å². The summed E-state index contributed by atoms with van der Waals surface area (Å²) in [6.45, 7) is 0. The third-order valence-electron chi connectivity index (χ3n) is 4.80. The zero-order chi connectivity index (χ0) is 20.5. The zero-order valence-corrected chi connectivity index (χ0v) is 15.4. The highest BCUT2D eigenvalue weighted by Crippen LogP contribution is 2.40. The number of hydrogen-bond acceptors (Lipinski definition) is 2. The number of rotatable bonds is 4. The van der Waals surface area contributed by atoms with Gasteiger partial charge in [0.05, 0.1) is 0 Å². The Bertz CT molecular complexity index is 959. The normalized spacial score (nSPS) is 16.4. The van der Waals surface area contributed by atoms with Crippen LogP contribution < -0.4 is 5.11 Å². The molecule has 0 spiro atoms. The maximum absolute atomic E-state index is 13.8. The van der Waals surface area contributed by atoms with Crippen molar-refractivity contribution in [1.82, 2.24) is 0 Å². The van der Waals surface area contributed by atoms with Crippen molar-refractivity contribution in [2.24, 2.45) is 0 Å². The number of hydrogen-bond donors (Lipinski definition) is 1. The molecule has 1 heterocycles. The van der Waals surface area contributed by atoms with E-state index in [4.69, 9.17) is 0 Å². The molecule has 4 nitrogen and oxygen atoms in total. The molecular formula is C21H20F3N2O2+. The lowest BCUT2D eigenvalue weighted by Crippen LogP contribution is -2.55. The molecule has 0 aliphatic carbocycles. The van der Waals surface area contributed by atoms with Gasteiger partial charge in [-0.2, -0.15) is 13.2 Å². The molecule has 2 aromatic rings. The molecule has 3 rings (SSSR count). The van der Waals surface area contributed by atoms with E-state index >= 15 is 0 Å². The average molecular weight is 389 g/mol. The van der Waals surface area contributed by atoms with Crippen LogP contribution in [0.3, 0.4) is 0 Å². The smallest absolute Gasteiger partial charge is 0.486 e. The van der Waals surface area contributed by atoms with Crippen LogP contribution >= 0.6 is 0 Å². The lowest BCUT2D eigenvalue weighted by Gasteiger charge is -2.43. The molecule has 0 fully saturated rings. The summed E-state index contributed by atoms with van der Waals surface area (Å²) in [5.74, 6) is 0.221. The fourth-order valence-corrected chi connectivity index (χ4v) is 3.29. The molecular weight excluding hydrogens is 369 g/mol. The van der Waals surface area contributed by atoms with Crippen molar-refractivity contribution in [1.29, 1.82) is 0 Å². The van der Waals surface area contributed by atoms with Crippen LogP contribution in [0.5, 0.6) is 0 Å². The van der Waals surface area contributed by atoms with Gasteiger partial charge in [0.2, 0.25) is 12.4 Å². The summed E-state index contributed by atoms with van der Waals surface area (Å²) in [7, 11) is 3.43. The van der Waals surface area contributed by atoms with Crippen LogP contribution in [0.1, 0.15) is 16.7 Å². The van der Waals surface area contributed by atoms with Gasteiger partial charge in [0, 0.05) is 11.2 Å². The van der Waals surface area contributed by atoms with Gasteiger partial charge in [0.15, 0.2) is 0 Å². The number of nitrogens with zero attached hydrogens (tertiary/aromatic N) is 2. The van der Waals surface area contributed by atoms with Gasteiger partial charge < -0.3 is 10.2 Å². The Balaban J connectivity index is 2.12. The summed E-state index contributed by atoms with van der Waals surface area (Å²) in [5.41, 5.74) is -3.37. The molecule has 2 aromatic carbocycles. The predicted octanol–water partition coefficient (Wildman–Crippen LogP) is 2.67. The van der Waals surface area contributed by atoms with Gasteiger partial charge in [-0.05, 0) is 17.5 Å². The second kappa shape index (κ2) is 7.24. The van der Waals surface area contributed by atoms with Gasteiger partial charge in [-0.25, -0.2) is 0 Å². The highest BCUT2D eigenvalue weighted by atomic mass is 19.4. The van der Waals surface area contributed by atoms with Crippen LogP contribution in [0.2, 0.25) is 0 Å². The minimum absolute atomic E-state index is 0.123. The highest BCUT2D eigenvalue weighted by molar-refractivity contribution is 6.12. The molecule has 28 heavy (non-hydrogen) atoms. The summed E-state index contributed by atoms with van der Waals surface area (Å²) < 4.78 is 44.8. The zero-order valence-electron chi connectivity index (χ0n) is 15.4. The summed E-state index contributed by atoms with van der Waals surface area (Å²) in [4.78, 5) is 0. The Morgan fingerprint density at radius 3 is 2.04 bits per heavy atom. The highest BCUT2D eigenvalue weighted by Gasteiger charge is 2.47. The number of aliphatic hydroxyl groups excluding tert-OH is 1. The Kier molecular flexibility index (Phi) is 5.12. The second-order valence-corrected chi connectivity index (χ2v) is 6.72. The lowest BCUT2D eigenvalue weighted by molar-refractivity contribution is -0.612. The van der Waals surface area contributed by atoms with E-state index in [0.717, 1.165) is 0 Å². The van der Waals surface area contributed by atoms with Gasteiger partial charge in [0.1, 0.15) is 14.1 Å². The van der Waals surface area contributed by atoms with Crippen molar-refractivity contribution in [3.8, 4) is 0 Å². The van der Waals surface area contributed by atoms with Crippen LogP contribution in [-0.4, -0.2) is 47.0 Å². The molecule has 1 aliphatic rings. The summed E-state index contributed by atoms with van der Waals surface area (Å²) >= 11 is 0. The van der Waals surface area contributed by atoms with Crippen LogP contribution in [0.15, 0.2) is 60.4 Å². The quantitative estimate of drug-likeness (QED) is 0.646. The summed E-state index contributed by atoms with van der Waals surface area (Å²) in [5, 5.41) is 23.8. The van der Waals surface area contributed by atoms with Crippen LogP contribution in [-0.2, 0) is 12.0 Å². The van der Waals surface area contributed by atoms with Gasteiger partial charge in [0.25, 0.3) is 5.76 Å². The van der Waals surface area contributed by atoms with E-state index in [2.05, 4.69) is 0 Å². The first-order valence-electron chi connectivity index (χ1n) is 8.63. The molecule has 1 aliphatic heterocycles. The first-order chi connectivity index (χ1) is 13.1. The topological polar surface area (TPSA) is 49.3 Å². The van der Waals surface area contributed by atoms with Crippen molar-refractivity contribution < 1.29 is 32.5 Å². The first-order valence-corrected chi connectivity index (χ1v) is 8.63. The SMILES string of the molecule is C[N+]1=CC=[N+](C)C1=C(O)c1ccccc1CC([O-])(c1ccccc1)C(F)(F)F. The summed E-state index contributed by atoms with van der Waals surface area (Å²) in [6, 6.07) is 12.9. The van der Waals surface area contributed by atoms with Gasteiger partial charge in [-0.15, -0.1) is 9.15 Å². The van der Waals surface area contributed by atoms with Crippen LogP contribution in [0, 0.1) is 0 Å². The molecule has 146 valence electrons. The molecule has 0 saturated carbocycles. The van der Waals surface area contributed by atoms with Crippen LogP contribution in [0.4, 0.5) is 13.2 Å². The maximum atomic E-state index is 13.8. The number of alkyl halides is 3. The van der Waals surface area contributed by atoms with E-state index in [1.165, 1.54) is 36.4 Å². The molecule has 7 heteroatoms. The van der Waals surface area contributed by atoms with Crippen LogP contribution in [0.25, 0.3) is 5.76 Å². The average Bonchev–Trinajstić information content (AvgIpc) is 2.99. The van der Waals surface area contributed by atoms with E-state index < -0.39 is 18.2 Å². The monoisotopic (exact) mass is 389 g/mol. The van der Waals surface area contributed by atoms with Crippen molar-refractivity contribution in [3.05, 3.63) is 77.1 Å². The fourth-order valence-electron chi connectivity index (χ4n) is 3.29. The molecule has 0 amide bonds. The van der Waals surface area contributed by atoms with E-state index in [0.29, 0.717) is 5.82 Å². The second-order valence-electron chi connectivity index (χ2n) is 6.72. The van der Waals surface area contributed by atoms with E-state index in [1.807, 2.05) is 0 Å². The molecule has 0 bridgehead atoms. The maximum Gasteiger partial charge on any atom is 0.486 e. The largest absolute Gasteiger partial charge is 0.839 e. The number of aliphatic hydroxyl groups is 1. The number of halogens is 3. The first kappa shape index (κ1) is 19.8. The van der Waals surface area contributed by atoms with Crippen molar-refractivity contribution >= 4 is 18.2 Å². The van der Waals surface area contributed by atoms with Gasteiger partial charge in [-0.3, -0.25) is 0 Å². The molecule has 0 aromatic heterocycles. The predicted molar refractivity (Wildman–Crippen MR) is 98.4 cm³/mol. The molecule has 0 radical (unpaired) electrons. The van der Waals surface area contributed by atoms with E-state index in [9.17, 15) is 23.4 Å². The standard InChI is InChI=1S/C21H19F3N2O2/c1-25-12-13-26(2)19(25)18(27)17-11-7-6-8-15(17)14-20(28,21(22,23)24)16-9-4-3-5-10-16/h3-13H,14H2,1-2H3/p+1. The molecule has 1 unspecified atom stereocenters. The van der Waals surface area contributed by atoms with E-state index in [-0.39, 0.29) is 22.4 Å². The fraction of sp³-hybridized carbons (Fsp3) is 0.238. The Labute approximate surface area is 160 Å². The molecule has 0 saturated heterocycles. The molecule has 1 atom stereocenters. The van der Waals surface area contributed by atoms with Crippen molar-refractivity contribution in [2.45, 2.75) is 18.2 Å². The third-order valence-corrected chi connectivity index (χ3v) is 4.80. The minimum Gasteiger partial charge on any atom is -0.839 e. The van der Waals surface area contributed by atoms with Gasteiger partial charge in [-0.1, -0.05) is 54.6 Å². The van der Waals surface area contributed by atoms with Crippen molar-refractivity contribution in [3.63, 3.8) is 0 Å². The summed E-state index contributed by atoms with van der Waals surface area (Å²) in [6.07, 6.45) is -2.42. The Morgan fingerprint density at radius 2 is 1.46 bits per heavy atom. The minimum atomic E-state index is -5.01. The van der Waals surface area contributed by atoms with Gasteiger partial charge >= 0.3 is 12.0 Å². The number of benzene rings is 2.